The lowest BCUT2D eigenvalue weighted by atomic mass is 10.0. The summed E-state index contributed by atoms with van der Waals surface area (Å²) < 4.78 is 0. The smallest absolute Gasteiger partial charge is 0.315 e. The van der Waals surface area contributed by atoms with Gasteiger partial charge in [0.25, 0.3) is 0 Å². The van der Waals surface area contributed by atoms with Gasteiger partial charge < -0.3 is 15.5 Å². The van der Waals surface area contributed by atoms with E-state index < -0.39 is 0 Å². The monoisotopic (exact) mass is 301 g/mol. The van der Waals surface area contributed by atoms with Crippen molar-refractivity contribution in [1.82, 2.24) is 10.6 Å². The lowest BCUT2D eigenvalue weighted by Crippen LogP contribution is -2.45. The second-order valence-corrected chi connectivity index (χ2v) is 6.06. The molecule has 3 amide bonds. The topological polar surface area (TPSA) is 61.4 Å². The van der Waals surface area contributed by atoms with Crippen LogP contribution in [-0.4, -0.2) is 31.1 Å². The third-order valence-electron chi connectivity index (χ3n) is 4.50. The number of hydrogen-bond donors (Lipinski definition) is 2. The Labute approximate surface area is 131 Å². The highest BCUT2D eigenvalue weighted by Gasteiger charge is 2.23. The summed E-state index contributed by atoms with van der Waals surface area (Å²) in [6.07, 6.45) is 5.90. The highest BCUT2D eigenvalue weighted by Crippen LogP contribution is 2.26. The predicted molar refractivity (Wildman–Crippen MR) is 85.9 cm³/mol. The zero-order chi connectivity index (χ0) is 15.4. The van der Waals surface area contributed by atoms with Crippen molar-refractivity contribution in [2.24, 2.45) is 0 Å². The molecule has 1 aromatic carbocycles. The number of benzene rings is 1. The van der Waals surface area contributed by atoms with E-state index in [0.717, 1.165) is 24.9 Å². The molecule has 0 unspecified atom stereocenters. The number of carbonyl (C=O) groups excluding carboxylic acids is 2. The van der Waals surface area contributed by atoms with Gasteiger partial charge in [0.15, 0.2) is 0 Å². The molecule has 0 saturated heterocycles. The first-order valence-electron chi connectivity index (χ1n) is 8.16. The van der Waals surface area contributed by atoms with Crippen LogP contribution in [-0.2, 0) is 11.2 Å². The standard InChI is InChI=1S/C17H23N3O2/c21-16-10-9-13-5-1-4-8-15(13)20(16)12-11-18-17(22)19-14-6-2-3-7-14/h1,4-5,8,14H,2-3,6-7,9-12H2,(H2,18,19,22). The van der Waals surface area contributed by atoms with E-state index in [-0.39, 0.29) is 11.9 Å². The number of fused-ring (bicyclic) bond motifs is 1. The second kappa shape index (κ2) is 6.81. The average Bonchev–Trinajstić information content (AvgIpc) is 3.02. The number of nitrogens with zero attached hydrogens (tertiary/aromatic N) is 1. The van der Waals surface area contributed by atoms with Crippen LogP contribution < -0.4 is 15.5 Å². The highest BCUT2D eigenvalue weighted by atomic mass is 16.2. The van der Waals surface area contributed by atoms with Gasteiger partial charge in [-0.1, -0.05) is 31.0 Å². The third-order valence-corrected chi connectivity index (χ3v) is 4.50. The molecule has 2 aliphatic rings. The van der Waals surface area contributed by atoms with Crippen molar-refractivity contribution >= 4 is 17.6 Å². The lowest BCUT2D eigenvalue weighted by molar-refractivity contribution is -0.118. The summed E-state index contributed by atoms with van der Waals surface area (Å²) in [6.45, 7) is 0.993. The van der Waals surface area contributed by atoms with Crippen LogP contribution in [0.3, 0.4) is 0 Å². The number of urea groups is 1. The summed E-state index contributed by atoms with van der Waals surface area (Å²) >= 11 is 0. The Balaban J connectivity index is 1.50. The van der Waals surface area contributed by atoms with Crippen molar-refractivity contribution in [2.45, 2.75) is 44.6 Å². The van der Waals surface area contributed by atoms with Crippen molar-refractivity contribution in [3.05, 3.63) is 29.8 Å². The number of hydrogen-bond acceptors (Lipinski definition) is 2. The number of nitrogens with one attached hydrogen (secondary N) is 2. The molecule has 1 aliphatic heterocycles. The molecule has 0 aromatic heterocycles. The van der Waals surface area contributed by atoms with Gasteiger partial charge in [0.05, 0.1) is 0 Å². The molecule has 1 heterocycles. The number of aryl methyl sites for hydroxylation is 1. The molecule has 2 N–H and O–H groups in total. The quantitative estimate of drug-likeness (QED) is 0.895. The summed E-state index contributed by atoms with van der Waals surface area (Å²) in [5, 5.41) is 5.86. The largest absolute Gasteiger partial charge is 0.336 e. The maximum atomic E-state index is 12.1. The minimum Gasteiger partial charge on any atom is -0.336 e. The Morgan fingerprint density at radius 2 is 1.95 bits per heavy atom. The SMILES string of the molecule is O=C(NCCN1C(=O)CCc2ccccc21)NC1CCCC1. The fourth-order valence-corrected chi connectivity index (χ4v) is 3.33. The van der Waals surface area contributed by atoms with Gasteiger partial charge in [-0.3, -0.25) is 4.79 Å². The molecule has 1 aromatic rings. The molecule has 3 rings (SSSR count). The van der Waals surface area contributed by atoms with Crippen molar-refractivity contribution in [2.75, 3.05) is 18.0 Å². The van der Waals surface area contributed by atoms with Crippen LogP contribution in [0.2, 0.25) is 0 Å². The molecule has 0 radical (unpaired) electrons. The molecule has 1 fully saturated rings. The van der Waals surface area contributed by atoms with Crippen LogP contribution in [0.25, 0.3) is 0 Å². The van der Waals surface area contributed by atoms with Crippen LogP contribution in [0, 0.1) is 0 Å². The van der Waals surface area contributed by atoms with Crippen molar-refractivity contribution < 1.29 is 9.59 Å². The Morgan fingerprint density at radius 1 is 1.18 bits per heavy atom. The minimum atomic E-state index is -0.121. The molecular formula is C17H23N3O2. The Bertz CT molecular complexity index is 553. The van der Waals surface area contributed by atoms with Crippen molar-refractivity contribution in [1.29, 1.82) is 0 Å². The summed E-state index contributed by atoms with van der Waals surface area (Å²) in [6, 6.07) is 8.19. The van der Waals surface area contributed by atoms with Crippen LogP contribution in [0.15, 0.2) is 24.3 Å². The molecule has 0 atom stereocenters. The predicted octanol–water partition coefficient (Wildman–Crippen LogP) is 2.21. The Kier molecular flexibility index (Phi) is 4.61. The van der Waals surface area contributed by atoms with Crippen LogP contribution in [0.5, 0.6) is 0 Å². The summed E-state index contributed by atoms with van der Waals surface area (Å²) in [5.74, 6) is 0.136. The summed E-state index contributed by atoms with van der Waals surface area (Å²) in [4.78, 5) is 25.7. The molecule has 5 nitrogen and oxygen atoms in total. The van der Waals surface area contributed by atoms with Gasteiger partial charge in [-0.15, -0.1) is 0 Å². The molecule has 0 bridgehead atoms. The van der Waals surface area contributed by atoms with Crippen molar-refractivity contribution in [3.8, 4) is 0 Å². The minimum absolute atomic E-state index is 0.121. The number of carbonyl (C=O) groups is 2. The Morgan fingerprint density at radius 3 is 2.77 bits per heavy atom. The normalized spacial score (nSPS) is 18.2. The average molecular weight is 301 g/mol. The molecule has 22 heavy (non-hydrogen) atoms. The van der Waals surface area contributed by atoms with E-state index in [0.29, 0.717) is 25.6 Å². The van der Waals surface area contributed by atoms with E-state index in [9.17, 15) is 9.59 Å². The molecule has 118 valence electrons. The Hall–Kier alpha value is -2.04. The van der Waals surface area contributed by atoms with Gasteiger partial charge in [0, 0.05) is 31.2 Å². The second-order valence-electron chi connectivity index (χ2n) is 6.06. The van der Waals surface area contributed by atoms with E-state index in [1.165, 1.54) is 18.4 Å². The number of anilines is 1. The van der Waals surface area contributed by atoms with E-state index >= 15 is 0 Å². The third kappa shape index (κ3) is 3.40. The van der Waals surface area contributed by atoms with Gasteiger partial charge >= 0.3 is 6.03 Å². The number of amides is 3. The van der Waals surface area contributed by atoms with E-state index in [2.05, 4.69) is 16.7 Å². The van der Waals surface area contributed by atoms with E-state index in [1.54, 1.807) is 4.90 Å². The van der Waals surface area contributed by atoms with Gasteiger partial charge in [0.2, 0.25) is 5.91 Å². The number of rotatable bonds is 4. The molecule has 1 saturated carbocycles. The first-order valence-corrected chi connectivity index (χ1v) is 8.16. The molecule has 1 aliphatic carbocycles. The highest BCUT2D eigenvalue weighted by molar-refractivity contribution is 5.96. The van der Waals surface area contributed by atoms with E-state index in [4.69, 9.17) is 0 Å². The zero-order valence-corrected chi connectivity index (χ0v) is 12.8. The molecular weight excluding hydrogens is 278 g/mol. The van der Waals surface area contributed by atoms with Gasteiger partial charge in [-0.25, -0.2) is 4.79 Å². The van der Waals surface area contributed by atoms with Crippen molar-refractivity contribution in [3.63, 3.8) is 0 Å². The fourth-order valence-electron chi connectivity index (χ4n) is 3.33. The van der Waals surface area contributed by atoms with Gasteiger partial charge in [-0.05, 0) is 30.9 Å². The fraction of sp³-hybridized carbons (Fsp3) is 0.529. The van der Waals surface area contributed by atoms with E-state index in [1.807, 2.05) is 18.2 Å². The zero-order valence-electron chi connectivity index (χ0n) is 12.8. The summed E-state index contributed by atoms with van der Waals surface area (Å²) in [5.41, 5.74) is 2.19. The van der Waals surface area contributed by atoms with Crippen LogP contribution in [0.4, 0.5) is 10.5 Å². The lowest BCUT2D eigenvalue weighted by Gasteiger charge is -2.29. The van der Waals surface area contributed by atoms with Crippen LogP contribution >= 0.6 is 0 Å². The maximum absolute atomic E-state index is 12.1. The molecule has 0 spiro atoms. The summed E-state index contributed by atoms with van der Waals surface area (Å²) in [7, 11) is 0. The van der Waals surface area contributed by atoms with Gasteiger partial charge in [-0.2, -0.15) is 0 Å². The van der Waals surface area contributed by atoms with Crippen LogP contribution in [0.1, 0.15) is 37.7 Å². The molecule has 5 heteroatoms. The number of para-hydroxylation sites is 1. The first kappa shape index (κ1) is 14.9. The maximum Gasteiger partial charge on any atom is 0.315 e. The first-order chi connectivity index (χ1) is 10.7. The van der Waals surface area contributed by atoms with Gasteiger partial charge in [0.1, 0.15) is 0 Å².